The molecule has 104 valence electrons. The molecule has 0 aliphatic rings. The lowest BCUT2D eigenvalue weighted by atomic mass is 10.2. The lowest BCUT2D eigenvalue weighted by Crippen LogP contribution is -2.26. The fourth-order valence-corrected chi connectivity index (χ4v) is 2.60. The summed E-state index contributed by atoms with van der Waals surface area (Å²) in [5, 5.41) is 16.2. The molecular weight excluding hydrogens is 346 g/mol. The van der Waals surface area contributed by atoms with E-state index in [1.807, 2.05) is 5.38 Å². The Balaban J connectivity index is 2.01. The highest BCUT2D eigenvalue weighted by Gasteiger charge is 2.15. The minimum atomic E-state index is -0.529. The first kappa shape index (κ1) is 14.6. The zero-order valence-corrected chi connectivity index (χ0v) is 12.6. The van der Waals surface area contributed by atoms with Gasteiger partial charge in [-0.05, 0) is 22.0 Å². The molecule has 20 heavy (non-hydrogen) atoms. The molecule has 8 heteroatoms. The number of aromatic nitrogens is 1. The average Bonchev–Trinajstić information content (AvgIpc) is 2.92. The molecule has 0 unspecified atom stereocenters. The van der Waals surface area contributed by atoms with Crippen LogP contribution in [0.15, 0.2) is 34.2 Å². The number of thiazole rings is 1. The van der Waals surface area contributed by atoms with E-state index in [9.17, 15) is 14.9 Å². The molecule has 0 radical (unpaired) electrons. The Bertz CT molecular complexity index is 631. The summed E-state index contributed by atoms with van der Waals surface area (Å²) in [6, 6.07) is 4.09. The molecular formula is C12H10BrN3O3S. The molecule has 1 heterocycles. The number of nitrogens with zero attached hydrogens (tertiary/aromatic N) is 2. The fraction of sp³-hybridized carbons (Fsp3) is 0.167. The van der Waals surface area contributed by atoms with Crippen LogP contribution in [0, 0.1) is 10.1 Å². The van der Waals surface area contributed by atoms with Gasteiger partial charge in [0.25, 0.3) is 11.6 Å². The zero-order chi connectivity index (χ0) is 14.5. The van der Waals surface area contributed by atoms with E-state index in [4.69, 9.17) is 0 Å². The molecule has 2 rings (SSSR count). The van der Waals surface area contributed by atoms with Gasteiger partial charge in [0, 0.05) is 41.1 Å². The van der Waals surface area contributed by atoms with Crippen LogP contribution in [0.5, 0.6) is 0 Å². The predicted molar refractivity (Wildman–Crippen MR) is 78.9 cm³/mol. The third-order valence-corrected chi connectivity index (χ3v) is 4.04. The van der Waals surface area contributed by atoms with Gasteiger partial charge in [-0.2, -0.15) is 0 Å². The molecule has 6 nitrogen and oxygen atoms in total. The standard InChI is InChI=1S/C12H10BrN3O3S/c13-10-2-1-8(16(18)19)7-9(10)12(17)15-4-3-11-14-5-6-20-11/h1-2,5-7H,3-4H2,(H,15,17). The third-order valence-electron chi connectivity index (χ3n) is 2.51. The number of amides is 1. The van der Waals surface area contributed by atoms with Gasteiger partial charge in [0.15, 0.2) is 0 Å². The minimum absolute atomic E-state index is 0.113. The van der Waals surface area contributed by atoms with Crippen molar-refractivity contribution in [3.05, 3.63) is 54.9 Å². The van der Waals surface area contributed by atoms with Crippen LogP contribution < -0.4 is 5.32 Å². The second-order valence-electron chi connectivity index (χ2n) is 3.85. The molecule has 0 spiro atoms. The van der Waals surface area contributed by atoms with Crippen LogP contribution in [0.4, 0.5) is 5.69 Å². The van der Waals surface area contributed by atoms with Crippen molar-refractivity contribution < 1.29 is 9.72 Å². The normalized spacial score (nSPS) is 10.2. The lowest BCUT2D eigenvalue weighted by Gasteiger charge is -2.06. The van der Waals surface area contributed by atoms with Gasteiger partial charge in [0.1, 0.15) is 0 Å². The van der Waals surface area contributed by atoms with Crippen LogP contribution >= 0.6 is 27.3 Å². The summed E-state index contributed by atoms with van der Waals surface area (Å²) in [5.41, 5.74) is 0.136. The summed E-state index contributed by atoms with van der Waals surface area (Å²) in [6.07, 6.45) is 2.34. The number of rotatable bonds is 5. The van der Waals surface area contributed by atoms with E-state index in [1.165, 1.54) is 29.5 Å². The number of carbonyl (C=O) groups excluding carboxylic acids is 1. The summed E-state index contributed by atoms with van der Waals surface area (Å²) in [5.74, 6) is -0.350. The molecule has 1 aromatic heterocycles. The highest BCUT2D eigenvalue weighted by atomic mass is 79.9. The molecule has 0 aliphatic carbocycles. The first-order valence-electron chi connectivity index (χ1n) is 5.68. The fourth-order valence-electron chi connectivity index (χ4n) is 1.56. The number of hydrogen-bond acceptors (Lipinski definition) is 5. The van der Waals surface area contributed by atoms with Crippen molar-refractivity contribution in [2.75, 3.05) is 6.54 Å². The molecule has 0 saturated carbocycles. The second kappa shape index (κ2) is 6.58. The molecule has 1 N–H and O–H groups in total. The van der Waals surface area contributed by atoms with Gasteiger partial charge in [-0.1, -0.05) is 0 Å². The van der Waals surface area contributed by atoms with Crippen LogP contribution in [-0.4, -0.2) is 22.4 Å². The molecule has 0 atom stereocenters. The van der Waals surface area contributed by atoms with Gasteiger partial charge in [0.05, 0.1) is 15.5 Å². The SMILES string of the molecule is O=C(NCCc1nccs1)c1cc([N+](=O)[O-])ccc1Br. The minimum Gasteiger partial charge on any atom is -0.352 e. The van der Waals surface area contributed by atoms with E-state index in [1.54, 1.807) is 6.20 Å². The lowest BCUT2D eigenvalue weighted by molar-refractivity contribution is -0.384. The van der Waals surface area contributed by atoms with Gasteiger partial charge in [-0.3, -0.25) is 14.9 Å². The third kappa shape index (κ3) is 3.61. The van der Waals surface area contributed by atoms with Crippen molar-refractivity contribution in [1.29, 1.82) is 0 Å². The molecule has 0 aliphatic heterocycles. The van der Waals surface area contributed by atoms with Crippen molar-refractivity contribution >= 4 is 38.9 Å². The molecule has 1 aromatic carbocycles. The van der Waals surface area contributed by atoms with Crippen molar-refractivity contribution in [3.8, 4) is 0 Å². The second-order valence-corrected chi connectivity index (χ2v) is 5.69. The maximum Gasteiger partial charge on any atom is 0.270 e. The van der Waals surface area contributed by atoms with Crippen LogP contribution in [0.1, 0.15) is 15.4 Å². The highest BCUT2D eigenvalue weighted by molar-refractivity contribution is 9.10. The number of hydrogen-bond donors (Lipinski definition) is 1. The van der Waals surface area contributed by atoms with Crippen molar-refractivity contribution in [2.24, 2.45) is 0 Å². The van der Waals surface area contributed by atoms with Crippen molar-refractivity contribution in [2.45, 2.75) is 6.42 Å². The van der Waals surface area contributed by atoms with Crippen LogP contribution in [0.2, 0.25) is 0 Å². The predicted octanol–water partition coefficient (Wildman–Crippen LogP) is 2.79. The number of benzene rings is 1. The number of carbonyl (C=O) groups is 1. The smallest absolute Gasteiger partial charge is 0.270 e. The summed E-state index contributed by atoms with van der Waals surface area (Å²) in [4.78, 5) is 26.3. The first-order chi connectivity index (χ1) is 9.58. The molecule has 0 fully saturated rings. The number of halogens is 1. The molecule has 0 saturated heterocycles. The average molecular weight is 356 g/mol. The summed E-state index contributed by atoms with van der Waals surface area (Å²) < 4.78 is 0.523. The van der Waals surface area contributed by atoms with Gasteiger partial charge < -0.3 is 5.32 Å². The summed E-state index contributed by atoms with van der Waals surface area (Å²) in [6.45, 7) is 0.432. The van der Waals surface area contributed by atoms with Gasteiger partial charge in [0.2, 0.25) is 0 Å². The van der Waals surface area contributed by atoms with Crippen molar-refractivity contribution in [1.82, 2.24) is 10.3 Å². The van der Waals surface area contributed by atoms with Gasteiger partial charge in [-0.15, -0.1) is 11.3 Å². The number of nitro benzene ring substituents is 1. The van der Waals surface area contributed by atoms with Crippen LogP contribution in [-0.2, 0) is 6.42 Å². The largest absolute Gasteiger partial charge is 0.352 e. The van der Waals surface area contributed by atoms with E-state index >= 15 is 0 Å². The van der Waals surface area contributed by atoms with E-state index in [0.29, 0.717) is 17.4 Å². The Kier molecular flexibility index (Phi) is 4.80. The van der Waals surface area contributed by atoms with Crippen LogP contribution in [0.25, 0.3) is 0 Å². The van der Waals surface area contributed by atoms with E-state index in [-0.39, 0.29) is 17.2 Å². The van der Waals surface area contributed by atoms with Crippen molar-refractivity contribution in [3.63, 3.8) is 0 Å². The summed E-state index contributed by atoms with van der Waals surface area (Å²) >= 11 is 4.74. The number of nitrogens with one attached hydrogen (secondary N) is 1. The van der Waals surface area contributed by atoms with Crippen LogP contribution in [0.3, 0.4) is 0 Å². The number of nitro groups is 1. The maximum absolute atomic E-state index is 12.0. The monoisotopic (exact) mass is 355 g/mol. The Hall–Kier alpha value is -1.80. The Morgan fingerprint density at radius 3 is 2.95 bits per heavy atom. The van der Waals surface area contributed by atoms with E-state index in [2.05, 4.69) is 26.2 Å². The van der Waals surface area contributed by atoms with E-state index in [0.717, 1.165) is 5.01 Å². The maximum atomic E-state index is 12.0. The summed E-state index contributed by atoms with van der Waals surface area (Å²) in [7, 11) is 0. The van der Waals surface area contributed by atoms with Gasteiger partial charge in [-0.25, -0.2) is 4.98 Å². The topological polar surface area (TPSA) is 85.1 Å². The molecule has 2 aromatic rings. The zero-order valence-electron chi connectivity index (χ0n) is 10.2. The number of non-ortho nitro benzene ring substituents is 1. The Morgan fingerprint density at radius 2 is 2.30 bits per heavy atom. The Labute approximate surface area is 127 Å². The molecule has 0 bridgehead atoms. The van der Waals surface area contributed by atoms with E-state index < -0.39 is 4.92 Å². The molecule has 1 amide bonds. The van der Waals surface area contributed by atoms with Gasteiger partial charge >= 0.3 is 0 Å². The quantitative estimate of drug-likeness (QED) is 0.659. The first-order valence-corrected chi connectivity index (χ1v) is 7.35. The highest BCUT2D eigenvalue weighted by Crippen LogP contribution is 2.22. The Morgan fingerprint density at radius 1 is 1.50 bits per heavy atom.